The van der Waals surface area contributed by atoms with Gasteiger partial charge in [-0.05, 0) is 73.4 Å². The molecular formula is C33H32N2O7S2. The van der Waals surface area contributed by atoms with Gasteiger partial charge < -0.3 is 19.2 Å². The molecule has 11 heteroatoms. The van der Waals surface area contributed by atoms with Crippen LogP contribution in [0.3, 0.4) is 0 Å². The quantitative estimate of drug-likeness (QED) is 0.229. The van der Waals surface area contributed by atoms with E-state index in [-0.39, 0.29) is 30.6 Å². The molecule has 3 aromatic rings. The number of thiocarbonyl (C=S) groups is 1. The highest BCUT2D eigenvalue weighted by molar-refractivity contribution is 8.26. The van der Waals surface area contributed by atoms with Crippen LogP contribution < -0.4 is 14.8 Å². The van der Waals surface area contributed by atoms with E-state index in [2.05, 4.69) is 5.32 Å². The Balaban J connectivity index is 0.00000123. The largest absolute Gasteiger partial charge is 0.493 e. The van der Waals surface area contributed by atoms with E-state index >= 15 is 0 Å². The number of ether oxygens (including phenoxy) is 2. The number of carbonyl (C=O) groups is 2. The molecule has 3 unspecified atom stereocenters. The van der Waals surface area contributed by atoms with E-state index in [1.807, 2.05) is 53.4 Å². The van der Waals surface area contributed by atoms with E-state index in [9.17, 15) is 9.59 Å². The lowest BCUT2D eigenvalue weighted by Crippen LogP contribution is -2.41. The predicted molar refractivity (Wildman–Crippen MR) is 169 cm³/mol. The number of hydrogen-bond acceptors (Lipinski definition) is 9. The van der Waals surface area contributed by atoms with Crippen molar-refractivity contribution >= 4 is 52.3 Å². The molecule has 1 aliphatic heterocycles. The number of carbonyl (C=O) groups excluding carboxylic acids is 4. The van der Waals surface area contributed by atoms with Crippen LogP contribution in [0.1, 0.15) is 37.0 Å². The Morgan fingerprint density at radius 3 is 2.61 bits per heavy atom. The van der Waals surface area contributed by atoms with Gasteiger partial charge in [0.2, 0.25) is 0 Å². The average molecular weight is 633 g/mol. The molecule has 3 atom stereocenters. The molecule has 2 aliphatic carbocycles. The molecule has 1 aromatic heterocycles. The van der Waals surface area contributed by atoms with Gasteiger partial charge >= 0.3 is 6.15 Å². The Kier molecular flexibility index (Phi) is 10.3. The highest BCUT2D eigenvalue weighted by Crippen LogP contribution is 2.49. The number of hydrogen-bond donors (Lipinski definition) is 1. The lowest BCUT2D eigenvalue weighted by atomic mass is 9.94. The minimum absolute atomic E-state index is 0.0160. The zero-order valence-electron chi connectivity index (χ0n) is 24.2. The maximum absolute atomic E-state index is 13.3. The molecule has 6 rings (SSSR count). The van der Waals surface area contributed by atoms with E-state index in [0.717, 1.165) is 29.9 Å². The summed E-state index contributed by atoms with van der Waals surface area (Å²) in [5, 5.41) is 2.89. The first-order valence-electron chi connectivity index (χ1n) is 14.4. The highest BCUT2D eigenvalue weighted by Gasteiger charge is 2.48. The normalized spacial score (nSPS) is 21.2. The van der Waals surface area contributed by atoms with Gasteiger partial charge in [-0.15, -0.1) is 0 Å². The second-order valence-electron chi connectivity index (χ2n) is 10.8. The molecule has 2 heterocycles. The van der Waals surface area contributed by atoms with E-state index in [4.69, 9.17) is 35.7 Å². The van der Waals surface area contributed by atoms with Crippen LogP contribution in [0.2, 0.25) is 0 Å². The molecule has 2 amide bonds. The molecular weight excluding hydrogens is 601 g/mol. The Labute approximate surface area is 265 Å². The highest BCUT2D eigenvalue weighted by atomic mass is 32.2. The Bertz CT molecular complexity index is 1580. The third kappa shape index (κ3) is 7.30. The van der Waals surface area contributed by atoms with Crippen molar-refractivity contribution in [1.29, 1.82) is 0 Å². The maximum Gasteiger partial charge on any atom is 0.373 e. The van der Waals surface area contributed by atoms with Gasteiger partial charge in [0.1, 0.15) is 15.8 Å². The lowest BCUT2D eigenvalue weighted by Gasteiger charge is -2.30. The van der Waals surface area contributed by atoms with E-state index in [1.54, 1.807) is 25.3 Å². The predicted octanol–water partition coefficient (Wildman–Crippen LogP) is 5.50. The lowest BCUT2D eigenvalue weighted by molar-refractivity contribution is -0.191. The smallest absolute Gasteiger partial charge is 0.373 e. The van der Waals surface area contributed by atoms with Crippen LogP contribution in [0, 0.1) is 11.8 Å². The summed E-state index contributed by atoms with van der Waals surface area (Å²) in [6.45, 7) is 0.390. The van der Waals surface area contributed by atoms with E-state index < -0.39 is 0 Å². The molecule has 2 bridgehead atoms. The summed E-state index contributed by atoms with van der Waals surface area (Å²) in [6, 6.07) is 19.3. The molecule has 2 saturated carbocycles. The maximum atomic E-state index is 13.3. The summed E-state index contributed by atoms with van der Waals surface area (Å²) in [6.07, 6.45) is 7.52. The molecule has 0 radical (unpaired) electrons. The van der Waals surface area contributed by atoms with Gasteiger partial charge in [-0.1, -0.05) is 60.7 Å². The first-order valence-corrected chi connectivity index (χ1v) is 15.6. The zero-order valence-corrected chi connectivity index (χ0v) is 25.8. The summed E-state index contributed by atoms with van der Waals surface area (Å²) in [5.41, 5.74) is 1.92. The standard InChI is InChI=1S/C32H32N2O5S2.CO2/c1-37-27-11-9-23(17-28(27)38-19-30(35)33-14-13-20-5-3-2-4-6-20)26-12-10-24(39-26)18-29-31(36)34(32(40)41-29)25-16-21-7-8-22(25)15-21;2-1-3/h2-6,9-12,17-18,21-22,25H,7-8,13-16,19H2,1H3,(H,33,35);/b29-18-;. The van der Waals surface area contributed by atoms with Crippen LogP contribution in [0.4, 0.5) is 0 Å². The monoisotopic (exact) mass is 632 g/mol. The molecule has 9 nitrogen and oxygen atoms in total. The van der Waals surface area contributed by atoms with Gasteiger partial charge in [0.15, 0.2) is 18.1 Å². The van der Waals surface area contributed by atoms with Crippen molar-refractivity contribution < 1.29 is 33.1 Å². The molecule has 1 N–H and O–H groups in total. The number of rotatable bonds is 10. The molecule has 1 saturated heterocycles. The van der Waals surface area contributed by atoms with Crippen molar-refractivity contribution in [1.82, 2.24) is 10.2 Å². The Hall–Kier alpha value is -4.18. The fourth-order valence-electron chi connectivity index (χ4n) is 6.14. The summed E-state index contributed by atoms with van der Waals surface area (Å²) in [4.78, 5) is 44.4. The molecule has 3 aliphatic rings. The minimum Gasteiger partial charge on any atom is -0.493 e. The van der Waals surface area contributed by atoms with E-state index in [0.29, 0.717) is 44.7 Å². The second-order valence-corrected chi connectivity index (χ2v) is 12.5. The molecule has 44 heavy (non-hydrogen) atoms. The van der Waals surface area contributed by atoms with Crippen LogP contribution >= 0.6 is 24.0 Å². The summed E-state index contributed by atoms with van der Waals surface area (Å²) < 4.78 is 18.0. The van der Waals surface area contributed by atoms with Crippen molar-refractivity contribution in [3.05, 3.63) is 76.9 Å². The van der Waals surface area contributed by atoms with Crippen molar-refractivity contribution in [2.75, 3.05) is 20.3 Å². The van der Waals surface area contributed by atoms with Crippen LogP contribution in [0.25, 0.3) is 17.4 Å². The second kappa shape index (κ2) is 14.5. The fourth-order valence-corrected chi connectivity index (χ4v) is 7.49. The SMILES string of the molecule is COc1ccc(-c2ccc(/C=C3\SC(=S)N(C4CC5CCC4C5)C3=O)o2)cc1OCC(=O)NCCc1ccccc1.O=C=O. The topological polar surface area (TPSA) is 115 Å². The van der Waals surface area contributed by atoms with Gasteiger partial charge in [0, 0.05) is 24.2 Å². The first kappa shape index (κ1) is 31.3. The van der Waals surface area contributed by atoms with Gasteiger partial charge in [-0.25, -0.2) is 0 Å². The number of furan rings is 1. The Morgan fingerprint density at radius 2 is 1.91 bits per heavy atom. The van der Waals surface area contributed by atoms with Crippen molar-refractivity contribution in [2.45, 2.75) is 38.1 Å². The number of nitrogens with one attached hydrogen (secondary N) is 1. The summed E-state index contributed by atoms with van der Waals surface area (Å²) in [5.74, 6) is 3.22. The molecule has 2 aromatic carbocycles. The number of nitrogens with zero attached hydrogens (tertiary/aromatic N) is 1. The third-order valence-electron chi connectivity index (χ3n) is 8.14. The van der Waals surface area contributed by atoms with Crippen LogP contribution in [0.15, 0.2) is 70.0 Å². The Morgan fingerprint density at radius 1 is 1.11 bits per heavy atom. The third-order valence-corrected chi connectivity index (χ3v) is 9.47. The van der Waals surface area contributed by atoms with Gasteiger partial charge in [-0.2, -0.15) is 9.59 Å². The van der Waals surface area contributed by atoms with E-state index in [1.165, 1.54) is 31.0 Å². The van der Waals surface area contributed by atoms with Crippen molar-refractivity contribution in [3.63, 3.8) is 0 Å². The number of methoxy groups -OCH3 is 1. The average Bonchev–Trinajstić information content (AvgIpc) is 3.83. The van der Waals surface area contributed by atoms with Gasteiger partial charge in [0.25, 0.3) is 11.8 Å². The zero-order chi connectivity index (χ0) is 31.1. The van der Waals surface area contributed by atoms with Gasteiger partial charge in [-0.3, -0.25) is 14.5 Å². The summed E-state index contributed by atoms with van der Waals surface area (Å²) >= 11 is 6.97. The molecule has 228 valence electrons. The van der Waals surface area contributed by atoms with Crippen LogP contribution in [-0.4, -0.2) is 53.5 Å². The number of fused-ring (bicyclic) bond motifs is 2. The molecule has 3 fully saturated rings. The first-order chi connectivity index (χ1) is 21.4. The fraction of sp³-hybridized carbons (Fsp3) is 0.333. The number of thioether (sulfide) groups is 1. The van der Waals surface area contributed by atoms with Crippen LogP contribution in [0.5, 0.6) is 11.5 Å². The van der Waals surface area contributed by atoms with Crippen molar-refractivity contribution in [3.8, 4) is 22.8 Å². The summed E-state index contributed by atoms with van der Waals surface area (Å²) in [7, 11) is 1.56. The van der Waals surface area contributed by atoms with Crippen molar-refractivity contribution in [2.24, 2.45) is 11.8 Å². The van der Waals surface area contributed by atoms with Gasteiger partial charge in [0.05, 0.1) is 12.0 Å². The number of amides is 2. The number of benzene rings is 2. The minimum atomic E-state index is -0.212. The van der Waals surface area contributed by atoms with Crippen LogP contribution in [-0.2, 0) is 25.6 Å². The molecule has 0 spiro atoms.